The summed E-state index contributed by atoms with van der Waals surface area (Å²) in [7, 11) is 1.54. The van der Waals surface area contributed by atoms with E-state index in [-0.39, 0.29) is 5.57 Å². The number of rotatable bonds is 7. The van der Waals surface area contributed by atoms with Gasteiger partial charge in [0.15, 0.2) is 0 Å². The van der Waals surface area contributed by atoms with E-state index in [1.165, 1.54) is 24.4 Å². The lowest BCUT2D eigenvalue weighted by Crippen LogP contribution is -2.18. The molecule has 5 heteroatoms. The third-order valence-electron chi connectivity index (χ3n) is 3.89. The maximum Gasteiger partial charge on any atom is 0.267 e. The van der Waals surface area contributed by atoms with Crippen LogP contribution in [-0.2, 0) is 11.2 Å². The summed E-state index contributed by atoms with van der Waals surface area (Å²) in [6, 6.07) is 15.7. The number of amides is 1. The minimum Gasteiger partial charge on any atom is -0.495 e. The number of aryl methyl sites for hydroxylation is 2. The highest BCUT2D eigenvalue weighted by molar-refractivity contribution is 6.07. The van der Waals surface area contributed by atoms with Gasteiger partial charge in [-0.3, -0.25) is 4.79 Å². The van der Waals surface area contributed by atoms with E-state index < -0.39 is 5.91 Å². The van der Waals surface area contributed by atoms with Crippen molar-refractivity contribution in [3.8, 4) is 11.8 Å². The molecule has 0 radical (unpaired) electrons. The van der Waals surface area contributed by atoms with Crippen molar-refractivity contribution in [2.45, 2.75) is 20.3 Å². The SMILES string of the molecule is COc1ccc(C)cc1NC(=O)/C(C#N)=C\NCCc1ccc(C)cc1. The first kappa shape index (κ1) is 19.1. The van der Waals surface area contributed by atoms with Gasteiger partial charge in [0, 0.05) is 12.7 Å². The van der Waals surface area contributed by atoms with Gasteiger partial charge >= 0.3 is 0 Å². The molecule has 0 unspecified atom stereocenters. The van der Waals surface area contributed by atoms with Crippen LogP contribution in [0.3, 0.4) is 0 Å². The number of hydrogen-bond acceptors (Lipinski definition) is 4. The van der Waals surface area contributed by atoms with Crippen molar-refractivity contribution in [2.24, 2.45) is 0 Å². The largest absolute Gasteiger partial charge is 0.495 e. The smallest absolute Gasteiger partial charge is 0.267 e. The molecule has 0 fully saturated rings. The molecule has 26 heavy (non-hydrogen) atoms. The number of nitrogens with zero attached hydrogens (tertiary/aromatic N) is 1. The quantitative estimate of drug-likeness (QED) is 0.456. The molecule has 0 aromatic heterocycles. The highest BCUT2D eigenvalue weighted by Crippen LogP contribution is 2.25. The third-order valence-corrected chi connectivity index (χ3v) is 3.89. The van der Waals surface area contributed by atoms with E-state index in [0.29, 0.717) is 18.0 Å². The standard InChI is InChI=1S/C21H23N3O2/c1-15-4-7-17(8-5-15)10-11-23-14-18(13-22)21(25)24-19-12-16(2)6-9-20(19)26-3/h4-9,12,14,23H,10-11H2,1-3H3,(H,24,25)/b18-14-. The van der Waals surface area contributed by atoms with Gasteiger partial charge in [-0.05, 0) is 43.5 Å². The summed E-state index contributed by atoms with van der Waals surface area (Å²) in [5.74, 6) is 0.0767. The minimum atomic E-state index is -0.473. The van der Waals surface area contributed by atoms with Crippen molar-refractivity contribution < 1.29 is 9.53 Å². The lowest BCUT2D eigenvalue weighted by Gasteiger charge is -2.10. The van der Waals surface area contributed by atoms with Gasteiger partial charge in [0.05, 0.1) is 12.8 Å². The number of nitrogens with one attached hydrogen (secondary N) is 2. The van der Waals surface area contributed by atoms with Crippen LogP contribution in [0.25, 0.3) is 0 Å². The maximum absolute atomic E-state index is 12.3. The predicted molar refractivity (Wildman–Crippen MR) is 103 cm³/mol. The Hall–Kier alpha value is -3.26. The zero-order chi connectivity index (χ0) is 18.9. The Bertz CT molecular complexity index is 833. The number of methoxy groups -OCH3 is 1. The third kappa shape index (κ3) is 5.38. The normalized spacial score (nSPS) is 10.8. The molecule has 0 saturated heterocycles. The molecule has 0 aliphatic carbocycles. The monoisotopic (exact) mass is 349 g/mol. The second-order valence-corrected chi connectivity index (χ2v) is 6.02. The number of carbonyl (C=O) groups is 1. The first-order chi connectivity index (χ1) is 12.5. The number of benzene rings is 2. The molecular weight excluding hydrogens is 326 g/mol. The predicted octanol–water partition coefficient (Wildman–Crippen LogP) is 3.49. The Balaban J connectivity index is 1.95. The average Bonchev–Trinajstić information content (AvgIpc) is 2.63. The molecule has 0 saturated carbocycles. The second kappa shape index (κ2) is 9.28. The molecule has 0 heterocycles. The molecule has 0 bridgehead atoms. The van der Waals surface area contributed by atoms with Gasteiger partial charge in [-0.1, -0.05) is 35.9 Å². The molecule has 0 spiro atoms. The number of anilines is 1. The summed E-state index contributed by atoms with van der Waals surface area (Å²) < 4.78 is 5.24. The number of nitriles is 1. The van der Waals surface area contributed by atoms with Gasteiger partial charge < -0.3 is 15.4 Å². The summed E-state index contributed by atoms with van der Waals surface area (Å²) in [4.78, 5) is 12.3. The highest BCUT2D eigenvalue weighted by Gasteiger charge is 2.12. The summed E-state index contributed by atoms with van der Waals surface area (Å²) in [5, 5.41) is 15.0. The molecule has 0 atom stereocenters. The van der Waals surface area contributed by atoms with Crippen LogP contribution in [0.4, 0.5) is 5.69 Å². The first-order valence-corrected chi connectivity index (χ1v) is 8.38. The maximum atomic E-state index is 12.3. The van der Waals surface area contributed by atoms with E-state index in [9.17, 15) is 10.1 Å². The zero-order valence-corrected chi connectivity index (χ0v) is 15.3. The van der Waals surface area contributed by atoms with Crippen LogP contribution in [0.2, 0.25) is 0 Å². The van der Waals surface area contributed by atoms with E-state index in [1.54, 1.807) is 12.1 Å². The van der Waals surface area contributed by atoms with Crippen LogP contribution < -0.4 is 15.4 Å². The van der Waals surface area contributed by atoms with Crippen LogP contribution in [-0.4, -0.2) is 19.6 Å². The van der Waals surface area contributed by atoms with Gasteiger partial charge in [-0.25, -0.2) is 0 Å². The Labute approximate surface area is 154 Å². The van der Waals surface area contributed by atoms with E-state index in [1.807, 2.05) is 26.0 Å². The van der Waals surface area contributed by atoms with Gasteiger partial charge in [0.1, 0.15) is 17.4 Å². The molecule has 0 aliphatic rings. The second-order valence-electron chi connectivity index (χ2n) is 6.02. The Morgan fingerprint density at radius 3 is 2.50 bits per heavy atom. The van der Waals surface area contributed by atoms with Gasteiger partial charge in [-0.15, -0.1) is 0 Å². The molecular formula is C21H23N3O2. The topological polar surface area (TPSA) is 74.1 Å². The van der Waals surface area contributed by atoms with Crippen LogP contribution in [0.1, 0.15) is 16.7 Å². The fourth-order valence-corrected chi connectivity index (χ4v) is 2.40. The van der Waals surface area contributed by atoms with E-state index in [2.05, 4.69) is 34.9 Å². The molecule has 2 aromatic carbocycles. The Morgan fingerprint density at radius 1 is 1.15 bits per heavy atom. The van der Waals surface area contributed by atoms with Crippen LogP contribution >= 0.6 is 0 Å². The Kier molecular flexibility index (Phi) is 6.81. The zero-order valence-electron chi connectivity index (χ0n) is 15.3. The van der Waals surface area contributed by atoms with E-state index in [0.717, 1.165) is 12.0 Å². The molecule has 2 aromatic rings. The first-order valence-electron chi connectivity index (χ1n) is 8.38. The highest BCUT2D eigenvalue weighted by atomic mass is 16.5. The summed E-state index contributed by atoms with van der Waals surface area (Å²) in [6.07, 6.45) is 2.26. The number of hydrogen-bond donors (Lipinski definition) is 2. The van der Waals surface area contributed by atoms with Crippen molar-refractivity contribution in [1.82, 2.24) is 5.32 Å². The van der Waals surface area contributed by atoms with Crippen LogP contribution in [0.15, 0.2) is 54.2 Å². The molecule has 1 amide bonds. The molecule has 0 aliphatic heterocycles. The van der Waals surface area contributed by atoms with Crippen molar-refractivity contribution >= 4 is 11.6 Å². The number of ether oxygens (including phenoxy) is 1. The summed E-state index contributed by atoms with van der Waals surface area (Å²) in [6.45, 7) is 4.60. The van der Waals surface area contributed by atoms with Gasteiger partial charge in [0.2, 0.25) is 0 Å². The van der Waals surface area contributed by atoms with Crippen molar-refractivity contribution in [3.05, 3.63) is 70.9 Å². The fourth-order valence-electron chi connectivity index (χ4n) is 2.40. The summed E-state index contributed by atoms with van der Waals surface area (Å²) in [5.41, 5.74) is 3.95. The van der Waals surface area contributed by atoms with Crippen LogP contribution in [0, 0.1) is 25.2 Å². The summed E-state index contributed by atoms with van der Waals surface area (Å²) >= 11 is 0. The minimum absolute atomic E-state index is 0.0115. The van der Waals surface area contributed by atoms with Crippen molar-refractivity contribution in [1.29, 1.82) is 5.26 Å². The number of carbonyl (C=O) groups excluding carboxylic acids is 1. The molecule has 5 nitrogen and oxygen atoms in total. The van der Waals surface area contributed by atoms with Gasteiger partial charge in [-0.2, -0.15) is 5.26 Å². The Morgan fingerprint density at radius 2 is 1.85 bits per heavy atom. The molecule has 2 N–H and O–H groups in total. The van der Waals surface area contributed by atoms with Gasteiger partial charge in [0.25, 0.3) is 5.91 Å². The average molecular weight is 349 g/mol. The van der Waals surface area contributed by atoms with Crippen LogP contribution in [0.5, 0.6) is 5.75 Å². The van der Waals surface area contributed by atoms with E-state index in [4.69, 9.17) is 4.74 Å². The van der Waals surface area contributed by atoms with Crippen molar-refractivity contribution in [3.63, 3.8) is 0 Å². The van der Waals surface area contributed by atoms with E-state index >= 15 is 0 Å². The molecule has 134 valence electrons. The van der Waals surface area contributed by atoms with Crippen molar-refractivity contribution in [2.75, 3.05) is 19.0 Å². The fraction of sp³-hybridized carbons (Fsp3) is 0.238. The lowest BCUT2D eigenvalue weighted by molar-refractivity contribution is -0.112. The lowest BCUT2D eigenvalue weighted by atomic mass is 10.1. The molecule has 2 rings (SSSR count).